The van der Waals surface area contributed by atoms with Crippen LogP contribution in [0.25, 0.3) is 0 Å². The molecule has 1 N–H and O–H groups in total. The molecule has 0 aliphatic carbocycles. The van der Waals surface area contributed by atoms with Crippen molar-refractivity contribution in [1.82, 2.24) is 0 Å². The summed E-state index contributed by atoms with van der Waals surface area (Å²) in [6.45, 7) is 0.522. The lowest BCUT2D eigenvalue weighted by molar-refractivity contribution is 0.173. The second kappa shape index (κ2) is 5.28. The molecule has 104 valence electrons. The van der Waals surface area contributed by atoms with Gasteiger partial charge in [-0.3, -0.25) is 0 Å². The van der Waals surface area contributed by atoms with Crippen molar-refractivity contribution in [2.24, 2.45) is 0 Å². The summed E-state index contributed by atoms with van der Waals surface area (Å²) < 4.78 is 37.7. The predicted octanol–water partition coefficient (Wildman–Crippen LogP) is 4.07. The molecule has 6 heteroatoms. The molecule has 0 amide bonds. The molecular formula is C14H10BrF2NO2. The minimum Gasteiger partial charge on any atom is -0.454 e. The van der Waals surface area contributed by atoms with Crippen molar-refractivity contribution in [3.8, 4) is 11.5 Å². The minimum absolute atomic E-state index is 0.181. The number of hydrogen-bond acceptors (Lipinski definition) is 3. The third-order valence-corrected chi connectivity index (χ3v) is 3.57. The largest absolute Gasteiger partial charge is 0.454 e. The monoisotopic (exact) mass is 341 g/mol. The molecule has 3 rings (SSSR count). The summed E-state index contributed by atoms with van der Waals surface area (Å²) in [6.07, 6.45) is 0. The van der Waals surface area contributed by atoms with Gasteiger partial charge in [-0.25, -0.2) is 8.78 Å². The molecule has 0 saturated carbocycles. The summed E-state index contributed by atoms with van der Waals surface area (Å²) in [5.41, 5.74) is 1.05. The zero-order valence-corrected chi connectivity index (χ0v) is 11.8. The van der Waals surface area contributed by atoms with Crippen LogP contribution in [-0.2, 0) is 6.54 Å². The fraction of sp³-hybridized carbons (Fsp3) is 0.143. The molecule has 0 unspecified atom stereocenters. The molecule has 1 heterocycles. The van der Waals surface area contributed by atoms with Gasteiger partial charge in [-0.2, -0.15) is 0 Å². The van der Waals surface area contributed by atoms with E-state index in [0.717, 1.165) is 11.6 Å². The lowest BCUT2D eigenvalue weighted by Crippen LogP contribution is -2.04. The van der Waals surface area contributed by atoms with Gasteiger partial charge in [0.25, 0.3) is 0 Å². The van der Waals surface area contributed by atoms with Crippen LogP contribution in [0.3, 0.4) is 0 Å². The molecule has 20 heavy (non-hydrogen) atoms. The first-order valence-electron chi connectivity index (χ1n) is 5.91. The van der Waals surface area contributed by atoms with E-state index >= 15 is 0 Å². The van der Waals surface area contributed by atoms with Gasteiger partial charge >= 0.3 is 0 Å². The van der Waals surface area contributed by atoms with Gasteiger partial charge in [0.05, 0.1) is 5.69 Å². The lowest BCUT2D eigenvalue weighted by Gasteiger charge is -2.11. The number of para-hydroxylation sites is 1. The number of benzene rings is 2. The van der Waals surface area contributed by atoms with Crippen LogP contribution in [0.5, 0.6) is 11.5 Å². The van der Waals surface area contributed by atoms with Crippen molar-refractivity contribution in [2.75, 3.05) is 12.1 Å². The van der Waals surface area contributed by atoms with E-state index in [1.165, 1.54) is 6.07 Å². The first-order valence-corrected chi connectivity index (χ1v) is 6.70. The van der Waals surface area contributed by atoms with Gasteiger partial charge in [0.15, 0.2) is 11.5 Å². The summed E-state index contributed by atoms with van der Waals surface area (Å²) >= 11 is 3.14. The van der Waals surface area contributed by atoms with Gasteiger partial charge in [0.1, 0.15) is 11.6 Å². The van der Waals surface area contributed by atoms with Crippen LogP contribution in [0.15, 0.2) is 34.8 Å². The van der Waals surface area contributed by atoms with E-state index in [0.29, 0.717) is 22.5 Å². The quantitative estimate of drug-likeness (QED) is 0.912. The molecule has 2 aromatic rings. The van der Waals surface area contributed by atoms with E-state index in [1.807, 2.05) is 12.1 Å². The Morgan fingerprint density at radius 1 is 1.20 bits per heavy atom. The normalized spacial score (nSPS) is 12.6. The van der Waals surface area contributed by atoms with Crippen LogP contribution in [0.4, 0.5) is 14.5 Å². The number of fused-ring (bicyclic) bond motifs is 1. The number of halogens is 3. The van der Waals surface area contributed by atoms with Crippen LogP contribution in [0.1, 0.15) is 5.56 Å². The molecule has 3 nitrogen and oxygen atoms in total. The Bertz CT molecular complexity index is 641. The maximum Gasteiger partial charge on any atom is 0.231 e. The molecular weight excluding hydrogens is 332 g/mol. The summed E-state index contributed by atoms with van der Waals surface area (Å²) in [4.78, 5) is 0. The zero-order valence-electron chi connectivity index (χ0n) is 10.3. The Hall–Kier alpha value is -1.82. The average molecular weight is 342 g/mol. The Morgan fingerprint density at radius 3 is 2.85 bits per heavy atom. The van der Waals surface area contributed by atoms with Gasteiger partial charge in [0, 0.05) is 22.6 Å². The summed E-state index contributed by atoms with van der Waals surface area (Å²) in [6, 6.07) is 7.54. The highest BCUT2D eigenvalue weighted by atomic mass is 79.9. The molecule has 0 fully saturated rings. The van der Waals surface area contributed by atoms with E-state index in [4.69, 9.17) is 9.47 Å². The fourth-order valence-electron chi connectivity index (χ4n) is 2.02. The van der Waals surface area contributed by atoms with E-state index in [2.05, 4.69) is 21.2 Å². The molecule has 2 aromatic carbocycles. The maximum atomic E-state index is 13.7. The molecule has 1 aliphatic rings. The number of hydrogen-bond donors (Lipinski definition) is 1. The van der Waals surface area contributed by atoms with Crippen molar-refractivity contribution in [1.29, 1.82) is 0 Å². The number of anilines is 1. The van der Waals surface area contributed by atoms with E-state index in [-0.39, 0.29) is 12.5 Å². The molecule has 0 radical (unpaired) electrons. The lowest BCUT2D eigenvalue weighted by atomic mass is 10.2. The van der Waals surface area contributed by atoms with E-state index in [1.54, 1.807) is 6.07 Å². The van der Waals surface area contributed by atoms with Crippen LogP contribution >= 0.6 is 15.9 Å². The first kappa shape index (κ1) is 13.2. The second-order valence-electron chi connectivity index (χ2n) is 4.25. The van der Waals surface area contributed by atoms with Gasteiger partial charge in [-0.15, -0.1) is 0 Å². The Labute approximate surface area is 122 Å². The van der Waals surface area contributed by atoms with Crippen LogP contribution in [0, 0.1) is 11.6 Å². The first-order chi connectivity index (χ1) is 9.65. The summed E-state index contributed by atoms with van der Waals surface area (Å²) in [5.74, 6) is 0.0421. The Kier molecular flexibility index (Phi) is 3.48. The fourth-order valence-corrected chi connectivity index (χ4v) is 2.57. The van der Waals surface area contributed by atoms with Gasteiger partial charge in [0.2, 0.25) is 6.79 Å². The highest BCUT2D eigenvalue weighted by Crippen LogP contribution is 2.36. The predicted molar refractivity (Wildman–Crippen MR) is 73.9 cm³/mol. The molecule has 0 saturated heterocycles. The van der Waals surface area contributed by atoms with Gasteiger partial charge in [-0.05, 0) is 28.1 Å². The maximum absolute atomic E-state index is 13.7. The highest BCUT2D eigenvalue weighted by molar-refractivity contribution is 9.10. The summed E-state index contributed by atoms with van der Waals surface area (Å²) in [5, 5.41) is 2.93. The van der Waals surface area contributed by atoms with Crippen molar-refractivity contribution in [3.63, 3.8) is 0 Å². The third kappa shape index (κ3) is 2.43. The van der Waals surface area contributed by atoms with Crippen molar-refractivity contribution < 1.29 is 18.3 Å². The summed E-state index contributed by atoms with van der Waals surface area (Å²) in [7, 11) is 0. The molecule has 0 aromatic heterocycles. The number of nitrogens with one attached hydrogen (secondary N) is 1. The van der Waals surface area contributed by atoms with Gasteiger partial charge in [-0.1, -0.05) is 12.1 Å². The molecule has 0 bridgehead atoms. The minimum atomic E-state index is -0.651. The Balaban J connectivity index is 1.83. The third-order valence-electron chi connectivity index (χ3n) is 2.94. The topological polar surface area (TPSA) is 30.5 Å². The number of ether oxygens (including phenoxy) is 2. The number of rotatable bonds is 3. The van der Waals surface area contributed by atoms with E-state index in [9.17, 15) is 8.78 Å². The molecule has 0 spiro atoms. The standard InChI is InChI=1S/C14H10BrF2NO2/c15-10-4-9(16)5-11(17)13(10)18-6-8-2-1-3-12-14(8)20-7-19-12/h1-5,18H,6-7H2. The van der Waals surface area contributed by atoms with Crippen LogP contribution in [0.2, 0.25) is 0 Å². The molecule has 0 atom stereocenters. The van der Waals surface area contributed by atoms with Crippen molar-refractivity contribution in [2.45, 2.75) is 6.54 Å². The van der Waals surface area contributed by atoms with Crippen LogP contribution in [-0.4, -0.2) is 6.79 Å². The highest BCUT2D eigenvalue weighted by Gasteiger charge is 2.17. The zero-order chi connectivity index (χ0) is 14.1. The van der Waals surface area contributed by atoms with E-state index < -0.39 is 11.6 Å². The Morgan fingerprint density at radius 2 is 2.05 bits per heavy atom. The van der Waals surface area contributed by atoms with Crippen molar-refractivity contribution in [3.05, 3.63) is 52.0 Å². The molecule has 1 aliphatic heterocycles. The SMILES string of the molecule is Fc1cc(F)c(NCc2cccc3c2OCO3)c(Br)c1. The smallest absolute Gasteiger partial charge is 0.231 e. The average Bonchev–Trinajstić information content (AvgIpc) is 2.86. The van der Waals surface area contributed by atoms with Crippen LogP contribution < -0.4 is 14.8 Å². The van der Waals surface area contributed by atoms with Gasteiger partial charge < -0.3 is 14.8 Å². The second-order valence-corrected chi connectivity index (χ2v) is 5.10. The van der Waals surface area contributed by atoms with Crippen molar-refractivity contribution >= 4 is 21.6 Å².